The van der Waals surface area contributed by atoms with Crippen LogP contribution < -0.4 is 5.73 Å². The normalized spacial score (nSPS) is 16.1. The lowest BCUT2D eigenvalue weighted by atomic mass is 9.95. The Morgan fingerprint density at radius 3 is 2.62 bits per heavy atom. The van der Waals surface area contributed by atoms with Crippen molar-refractivity contribution >= 4 is 11.8 Å². The molecule has 4 heteroatoms. The first-order chi connectivity index (χ1) is 7.62. The number of rotatable bonds is 5. The van der Waals surface area contributed by atoms with Crippen LogP contribution in [0.5, 0.6) is 0 Å². The Balaban J connectivity index is 2.76. The van der Waals surface area contributed by atoms with Crippen LogP contribution in [0.15, 0.2) is 30.3 Å². The summed E-state index contributed by atoms with van der Waals surface area (Å²) >= 11 is 1.51. The topological polar surface area (TPSA) is 70.0 Å². The molecule has 86 valence electrons. The van der Waals surface area contributed by atoms with E-state index in [1.54, 1.807) is 0 Å². The van der Waals surface area contributed by atoms with Crippen molar-refractivity contribution in [1.82, 2.24) is 0 Å². The van der Waals surface area contributed by atoms with E-state index in [-0.39, 0.29) is 11.9 Å². The molecule has 2 unspecified atom stereocenters. The standard InChI is InChI=1S/C12H16N2OS/c1-10(7-15)16-9-12(14,8-13)11-5-3-2-4-6-11/h2-6,10,15H,7,9,14H2,1H3. The lowest BCUT2D eigenvalue weighted by molar-refractivity contribution is 0.300. The highest BCUT2D eigenvalue weighted by Crippen LogP contribution is 2.24. The van der Waals surface area contributed by atoms with Crippen molar-refractivity contribution in [3.8, 4) is 6.07 Å². The number of thioether (sulfide) groups is 1. The third kappa shape index (κ3) is 3.24. The van der Waals surface area contributed by atoms with Gasteiger partial charge < -0.3 is 10.8 Å². The molecule has 0 saturated heterocycles. The fourth-order valence-corrected chi connectivity index (χ4v) is 2.13. The molecule has 0 aromatic heterocycles. The van der Waals surface area contributed by atoms with Gasteiger partial charge in [0.05, 0.1) is 12.7 Å². The predicted octanol–water partition coefficient (Wildman–Crippen LogP) is 1.48. The zero-order valence-electron chi connectivity index (χ0n) is 9.26. The van der Waals surface area contributed by atoms with Gasteiger partial charge in [-0.05, 0) is 5.56 Å². The van der Waals surface area contributed by atoms with Crippen LogP contribution in [0.2, 0.25) is 0 Å². The Kier molecular flexibility index (Phi) is 4.81. The number of benzene rings is 1. The summed E-state index contributed by atoms with van der Waals surface area (Å²) in [6.45, 7) is 2.01. The number of aliphatic hydroxyl groups is 1. The molecule has 0 aliphatic rings. The van der Waals surface area contributed by atoms with Gasteiger partial charge in [0.15, 0.2) is 0 Å². The lowest BCUT2D eigenvalue weighted by Crippen LogP contribution is -2.38. The summed E-state index contributed by atoms with van der Waals surface area (Å²) < 4.78 is 0. The first kappa shape index (κ1) is 13.0. The van der Waals surface area contributed by atoms with Crippen LogP contribution in [-0.4, -0.2) is 22.7 Å². The van der Waals surface area contributed by atoms with Crippen molar-refractivity contribution in [2.45, 2.75) is 17.7 Å². The van der Waals surface area contributed by atoms with E-state index in [1.165, 1.54) is 11.8 Å². The molecule has 1 aromatic rings. The summed E-state index contributed by atoms with van der Waals surface area (Å²) in [5.41, 5.74) is 5.90. The molecule has 0 amide bonds. The molecule has 16 heavy (non-hydrogen) atoms. The van der Waals surface area contributed by atoms with Gasteiger partial charge in [0, 0.05) is 11.0 Å². The van der Waals surface area contributed by atoms with Gasteiger partial charge in [-0.15, -0.1) is 0 Å². The van der Waals surface area contributed by atoms with Gasteiger partial charge in [-0.3, -0.25) is 0 Å². The van der Waals surface area contributed by atoms with Crippen LogP contribution in [-0.2, 0) is 5.54 Å². The highest BCUT2D eigenvalue weighted by molar-refractivity contribution is 7.99. The average molecular weight is 236 g/mol. The summed E-state index contributed by atoms with van der Waals surface area (Å²) in [5, 5.41) is 18.2. The minimum atomic E-state index is -0.977. The van der Waals surface area contributed by atoms with E-state index >= 15 is 0 Å². The SMILES string of the molecule is CC(CO)SCC(N)(C#N)c1ccccc1. The lowest BCUT2D eigenvalue weighted by Gasteiger charge is -2.22. The van der Waals surface area contributed by atoms with Gasteiger partial charge in [-0.1, -0.05) is 37.3 Å². The van der Waals surface area contributed by atoms with Crippen molar-refractivity contribution in [2.24, 2.45) is 5.73 Å². The first-order valence-electron chi connectivity index (χ1n) is 5.10. The maximum Gasteiger partial charge on any atom is 0.138 e. The molecule has 0 fully saturated rings. The van der Waals surface area contributed by atoms with E-state index in [0.717, 1.165) is 5.56 Å². The van der Waals surface area contributed by atoms with Crippen LogP contribution in [0.3, 0.4) is 0 Å². The van der Waals surface area contributed by atoms with Crippen LogP contribution >= 0.6 is 11.8 Å². The predicted molar refractivity (Wildman–Crippen MR) is 66.9 cm³/mol. The quantitative estimate of drug-likeness (QED) is 0.812. The van der Waals surface area contributed by atoms with E-state index in [9.17, 15) is 5.26 Å². The van der Waals surface area contributed by atoms with E-state index in [0.29, 0.717) is 5.75 Å². The molecular formula is C12H16N2OS. The Morgan fingerprint density at radius 2 is 2.12 bits per heavy atom. The average Bonchev–Trinajstić information content (AvgIpc) is 2.36. The van der Waals surface area contributed by atoms with Crippen LogP contribution in [0.25, 0.3) is 0 Å². The highest BCUT2D eigenvalue weighted by atomic mass is 32.2. The molecule has 0 bridgehead atoms. The molecule has 0 aliphatic heterocycles. The molecule has 1 rings (SSSR count). The molecule has 0 radical (unpaired) electrons. The van der Waals surface area contributed by atoms with E-state index in [4.69, 9.17) is 10.8 Å². The Bertz CT molecular complexity index is 363. The van der Waals surface area contributed by atoms with Crippen LogP contribution in [0, 0.1) is 11.3 Å². The van der Waals surface area contributed by atoms with Crippen LogP contribution in [0.1, 0.15) is 12.5 Å². The van der Waals surface area contributed by atoms with Crippen LogP contribution in [0.4, 0.5) is 0 Å². The Labute approximate surface area is 100 Å². The third-order valence-corrected chi connectivity index (χ3v) is 3.68. The van der Waals surface area contributed by atoms with Crippen molar-refractivity contribution in [2.75, 3.05) is 12.4 Å². The molecule has 0 aliphatic carbocycles. The van der Waals surface area contributed by atoms with E-state index in [2.05, 4.69) is 6.07 Å². The number of nitrogens with two attached hydrogens (primary N) is 1. The number of hydrogen-bond acceptors (Lipinski definition) is 4. The number of aliphatic hydroxyl groups excluding tert-OH is 1. The van der Waals surface area contributed by atoms with Gasteiger partial charge in [-0.2, -0.15) is 17.0 Å². The number of hydrogen-bond donors (Lipinski definition) is 2. The van der Waals surface area contributed by atoms with E-state index < -0.39 is 5.54 Å². The molecule has 3 nitrogen and oxygen atoms in total. The van der Waals surface area contributed by atoms with E-state index in [1.807, 2.05) is 37.3 Å². The van der Waals surface area contributed by atoms with Crippen molar-refractivity contribution in [3.05, 3.63) is 35.9 Å². The Morgan fingerprint density at radius 1 is 1.50 bits per heavy atom. The first-order valence-corrected chi connectivity index (χ1v) is 6.15. The molecule has 0 heterocycles. The summed E-state index contributed by atoms with van der Waals surface area (Å²) in [6.07, 6.45) is 0. The molecule has 1 aromatic carbocycles. The second-order valence-corrected chi connectivity index (χ2v) is 5.18. The summed E-state index contributed by atoms with van der Waals surface area (Å²) in [6, 6.07) is 11.5. The van der Waals surface area contributed by atoms with Gasteiger partial charge >= 0.3 is 0 Å². The molecule has 2 atom stereocenters. The third-order valence-electron chi connectivity index (χ3n) is 2.34. The van der Waals surface area contributed by atoms with Gasteiger partial charge in [0.25, 0.3) is 0 Å². The van der Waals surface area contributed by atoms with Crippen molar-refractivity contribution < 1.29 is 5.11 Å². The molecule has 3 N–H and O–H groups in total. The fourth-order valence-electron chi connectivity index (χ4n) is 1.24. The molecule has 0 spiro atoms. The minimum Gasteiger partial charge on any atom is -0.395 e. The summed E-state index contributed by atoms with van der Waals surface area (Å²) in [4.78, 5) is 0. The second kappa shape index (κ2) is 5.90. The number of nitriles is 1. The van der Waals surface area contributed by atoms with Gasteiger partial charge in [0.1, 0.15) is 5.54 Å². The Hall–Kier alpha value is -1.02. The fraction of sp³-hybridized carbons (Fsp3) is 0.417. The summed E-state index contributed by atoms with van der Waals surface area (Å²) in [7, 11) is 0. The molecule has 0 saturated carbocycles. The second-order valence-electron chi connectivity index (χ2n) is 3.75. The monoisotopic (exact) mass is 236 g/mol. The van der Waals surface area contributed by atoms with Crippen molar-refractivity contribution in [1.29, 1.82) is 5.26 Å². The summed E-state index contributed by atoms with van der Waals surface area (Å²) in [5.74, 6) is 0.481. The smallest absolute Gasteiger partial charge is 0.138 e. The maximum absolute atomic E-state index is 9.17. The minimum absolute atomic E-state index is 0.0972. The highest BCUT2D eigenvalue weighted by Gasteiger charge is 2.27. The molecular weight excluding hydrogens is 220 g/mol. The van der Waals surface area contributed by atoms with Crippen molar-refractivity contribution in [3.63, 3.8) is 0 Å². The zero-order chi connectivity index (χ0) is 12.0. The van der Waals surface area contributed by atoms with Gasteiger partial charge in [0.2, 0.25) is 0 Å². The largest absolute Gasteiger partial charge is 0.395 e. The van der Waals surface area contributed by atoms with Gasteiger partial charge in [-0.25, -0.2) is 0 Å². The zero-order valence-corrected chi connectivity index (χ0v) is 10.1. The maximum atomic E-state index is 9.17. The number of nitrogens with zero attached hydrogens (tertiary/aromatic N) is 1.